The van der Waals surface area contributed by atoms with E-state index in [1.807, 2.05) is 37.3 Å². The number of carboxylic acids is 1. The summed E-state index contributed by atoms with van der Waals surface area (Å²) in [6.07, 6.45) is 1.25. The number of methoxy groups -OCH3 is 1. The van der Waals surface area contributed by atoms with Gasteiger partial charge in [-0.05, 0) is 47.4 Å². The zero-order valence-corrected chi connectivity index (χ0v) is 24.9. The van der Waals surface area contributed by atoms with E-state index in [1.54, 1.807) is 6.07 Å². The second-order valence-electron chi connectivity index (χ2n) is 11.6. The van der Waals surface area contributed by atoms with Crippen LogP contribution in [0.3, 0.4) is 0 Å². The van der Waals surface area contributed by atoms with Gasteiger partial charge in [-0.1, -0.05) is 50.2 Å². The Morgan fingerprint density at radius 2 is 1.98 bits per heavy atom. The van der Waals surface area contributed by atoms with Gasteiger partial charge in [0.2, 0.25) is 5.88 Å². The van der Waals surface area contributed by atoms with Crippen molar-refractivity contribution in [2.24, 2.45) is 0 Å². The number of ether oxygens (including phenoxy) is 4. The summed E-state index contributed by atoms with van der Waals surface area (Å²) in [5, 5.41) is 13.7. The van der Waals surface area contributed by atoms with Crippen LogP contribution in [0.4, 0.5) is 0 Å². The van der Waals surface area contributed by atoms with E-state index in [0.29, 0.717) is 37.9 Å². The molecule has 1 unspecified atom stereocenters. The van der Waals surface area contributed by atoms with Gasteiger partial charge in [-0.3, -0.25) is 4.90 Å². The SMILES string of the molecule is COc1c(C(=O)O)cnn1-c1cccc(-c2cccc(C)c2OCc2ccc3c(c2)C(C)(C)CN(C2COCCO2)C3)n1. The zero-order valence-electron chi connectivity index (χ0n) is 24.9. The zero-order chi connectivity index (χ0) is 30.1. The van der Waals surface area contributed by atoms with Crippen LogP contribution in [0.5, 0.6) is 11.6 Å². The lowest BCUT2D eigenvalue weighted by Crippen LogP contribution is -2.51. The van der Waals surface area contributed by atoms with Crippen molar-refractivity contribution in [2.45, 2.75) is 45.6 Å². The van der Waals surface area contributed by atoms with Crippen molar-refractivity contribution in [1.29, 1.82) is 0 Å². The maximum atomic E-state index is 11.6. The molecule has 2 aromatic heterocycles. The van der Waals surface area contributed by atoms with E-state index in [2.05, 4.69) is 42.0 Å². The van der Waals surface area contributed by atoms with Gasteiger partial charge >= 0.3 is 5.97 Å². The van der Waals surface area contributed by atoms with Crippen molar-refractivity contribution >= 4 is 5.97 Å². The number of carboxylic acid groups (broad SMARTS) is 1. The van der Waals surface area contributed by atoms with Crippen LogP contribution < -0.4 is 9.47 Å². The Morgan fingerprint density at radius 3 is 2.74 bits per heavy atom. The van der Waals surface area contributed by atoms with Crippen molar-refractivity contribution in [2.75, 3.05) is 33.5 Å². The number of hydrogen-bond donors (Lipinski definition) is 1. The molecular formula is C33H36N4O6. The molecule has 2 aromatic carbocycles. The fourth-order valence-electron chi connectivity index (χ4n) is 5.97. The first-order valence-corrected chi connectivity index (χ1v) is 14.4. The monoisotopic (exact) mass is 584 g/mol. The molecule has 1 N–H and O–H groups in total. The third-order valence-electron chi connectivity index (χ3n) is 8.05. The Balaban J connectivity index is 1.25. The van der Waals surface area contributed by atoms with E-state index in [9.17, 15) is 9.90 Å². The van der Waals surface area contributed by atoms with E-state index >= 15 is 0 Å². The van der Waals surface area contributed by atoms with E-state index in [4.69, 9.17) is 23.9 Å². The highest BCUT2D eigenvalue weighted by Gasteiger charge is 2.36. The van der Waals surface area contributed by atoms with Crippen molar-refractivity contribution in [3.05, 3.63) is 88.6 Å². The van der Waals surface area contributed by atoms with Crippen LogP contribution >= 0.6 is 0 Å². The number of hydrogen-bond acceptors (Lipinski definition) is 8. The lowest BCUT2D eigenvalue weighted by Gasteiger charge is -2.44. The molecular weight excluding hydrogens is 548 g/mol. The fourth-order valence-corrected chi connectivity index (χ4v) is 5.97. The highest BCUT2D eigenvalue weighted by atomic mass is 16.6. The van der Waals surface area contributed by atoms with Crippen LogP contribution in [0.15, 0.2) is 60.8 Å². The maximum absolute atomic E-state index is 11.6. The summed E-state index contributed by atoms with van der Waals surface area (Å²) >= 11 is 0. The molecule has 0 radical (unpaired) electrons. The molecule has 224 valence electrons. The Hall–Kier alpha value is -4.25. The number of aromatic carboxylic acids is 1. The van der Waals surface area contributed by atoms with E-state index in [0.717, 1.165) is 35.5 Å². The first-order chi connectivity index (χ1) is 20.7. The number of pyridine rings is 1. The van der Waals surface area contributed by atoms with Gasteiger partial charge in [0.1, 0.15) is 24.1 Å². The largest absolute Gasteiger partial charge is 0.488 e. The average Bonchev–Trinajstić information content (AvgIpc) is 3.45. The van der Waals surface area contributed by atoms with Crippen molar-refractivity contribution < 1.29 is 28.8 Å². The number of rotatable bonds is 8. The van der Waals surface area contributed by atoms with Crippen LogP contribution in [-0.2, 0) is 28.0 Å². The number of para-hydroxylation sites is 1. The molecule has 0 aliphatic carbocycles. The summed E-state index contributed by atoms with van der Waals surface area (Å²) in [4.78, 5) is 18.8. The Kier molecular flexibility index (Phi) is 7.91. The van der Waals surface area contributed by atoms with E-state index in [-0.39, 0.29) is 23.1 Å². The van der Waals surface area contributed by atoms with Crippen LogP contribution in [-0.4, -0.2) is 70.4 Å². The molecule has 4 aromatic rings. The van der Waals surface area contributed by atoms with Crippen molar-refractivity contribution in [1.82, 2.24) is 19.7 Å². The molecule has 0 saturated carbocycles. The van der Waals surface area contributed by atoms with Gasteiger partial charge in [0.25, 0.3) is 0 Å². The van der Waals surface area contributed by atoms with Gasteiger partial charge in [0.05, 0.1) is 38.8 Å². The molecule has 1 atom stereocenters. The van der Waals surface area contributed by atoms with Crippen molar-refractivity contribution in [3.8, 4) is 28.7 Å². The van der Waals surface area contributed by atoms with Crippen LogP contribution in [0.2, 0.25) is 0 Å². The molecule has 2 aliphatic rings. The summed E-state index contributed by atoms with van der Waals surface area (Å²) in [5.41, 5.74) is 6.11. The number of aryl methyl sites for hydroxylation is 1. The van der Waals surface area contributed by atoms with E-state index < -0.39 is 5.97 Å². The first-order valence-electron chi connectivity index (χ1n) is 14.4. The summed E-state index contributed by atoms with van der Waals surface area (Å²) in [6.45, 7) is 10.6. The normalized spacial score (nSPS) is 18.2. The van der Waals surface area contributed by atoms with Gasteiger partial charge in [-0.2, -0.15) is 9.78 Å². The average molecular weight is 585 g/mol. The maximum Gasteiger partial charge on any atom is 0.342 e. The minimum Gasteiger partial charge on any atom is -0.488 e. The van der Waals surface area contributed by atoms with Gasteiger partial charge in [0, 0.05) is 24.1 Å². The van der Waals surface area contributed by atoms with Crippen molar-refractivity contribution in [3.63, 3.8) is 0 Å². The lowest BCUT2D eigenvalue weighted by atomic mass is 9.77. The second-order valence-corrected chi connectivity index (χ2v) is 11.6. The number of aromatic nitrogens is 3. The van der Waals surface area contributed by atoms with Crippen LogP contribution in [0, 0.1) is 6.92 Å². The highest BCUT2D eigenvalue weighted by molar-refractivity contribution is 5.90. The topological polar surface area (TPSA) is 108 Å². The summed E-state index contributed by atoms with van der Waals surface area (Å²) in [6, 6.07) is 18.1. The lowest BCUT2D eigenvalue weighted by molar-refractivity contribution is -0.162. The fraction of sp³-hybridized carbons (Fsp3) is 0.364. The Bertz CT molecular complexity index is 1640. The standard InChI is InChI=1S/C33H36N4O6/c1-21-7-5-8-24(27-9-6-10-28(35-27)37-31(40-4)25(16-34-37)32(38)39)30(21)43-18-22-11-12-23-17-36(29-19-41-13-14-42-29)20-33(2,3)26(23)15-22/h5-12,15-16,29H,13-14,17-20H2,1-4H3,(H,38,39). The third-order valence-corrected chi connectivity index (χ3v) is 8.05. The molecule has 1 saturated heterocycles. The summed E-state index contributed by atoms with van der Waals surface area (Å²) < 4.78 is 24.9. The number of fused-ring (bicyclic) bond motifs is 1. The third kappa shape index (κ3) is 5.73. The molecule has 1 fully saturated rings. The van der Waals surface area contributed by atoms with Crippen LogP contribution in [0.25, 0.3) is 17.1 Å². The highest BCUT2D eigenvalue weighted by Crippen LogP contribution is 2.37. The molecule has 0 spiro atoms. The quantitative estimate of drug-likeness (QED) is 0.306. The molecule has 6 rings (SSSR count). The molecule has 4 heterocycles. The molecule has 0 bridgehead atoms. The Morgan fingerprint density at radius 1 is 1.14 bits per heavy atom. The van der Waals surface area contributed by atoms with Gasteiger partial charge in [-0.15, -0.1) is 0 Å². The molecule has 10 nitrogen and oxygen atoms in total. The molecule has 2 aliphatic heterocycles. The smallest absolute Gasteiger partial charge is 0.342 e. The molecule has 43 heavy (non-hydrogen) atoms. The molecule has 0 amide bonds. The van der Waals surface area contributed by atoms with E-state index in [1.165, 1.54) is 29.1 Å². The van der Waals surface area contributed by atoms with Gasteiger partial charge in [-0.25, -0.2) is 9.78 Å². The molecule has 10 heteroatoms. The summed E-state index contributed by atoms with van der Waals surface area (Å²) in [5.74, 6) is 0.161. The van der Waals surface area contributed by atoms with Gasteiger partial charge in [0.15, 0.2) is 5.82 Å². The van der Waals surface area contributed by atoms with Gasteiger partial charge < -0.3 is 24.1 Å². The minimum absolute atomic E-state index is 0.00984. The Labute approximate surface area is 250 Å². The number of carbonyl (C=O) groups is 1. The first kappa shape index (κ1) is 28.9. The summed E-state index contributed by atoms with van der Waals surface area (Å²) in [7, 11) is 1.41. The number of benzene rings is 2. The predicted octanol–water partition coefficient (Wildman–Crippen LogP) is 4.99. The minimum atomic E-state index is -1.12. The number of nitrogens with zero attached hydrogens (tertiary/aromatic N) is 4. The van der Waals surface area contributed by atoms with Crippen LogP contribution in [0.1, 0.15) is 46.5 Å². The predicted molar refractivity (Wildman–Crippen MR) is 160 cm³/mol. The second kappa shape index (κ2) is 11.8.